The maximum absolute atomic E-state index is 5.90. The van der Waals surface area contributed by atoms with Crippen LogP contribution in [0, 0.1) is 0 Å². The van der Waals surface area contributed by atoms with Crippen LogP contribution in [0.3, 0.4) is 0 Å². The molecule has 0 saturated carbocycles. The normalized spacial score (nSPS) is 14.9. The number of aliphatic imine (C=N–C) groups is 1. The molecule has 1 aromatic carbocycles. The van der Waals surface area contributed by atoms with Crippen molar-refractivity contribution in [3.63, 3.8) is 0 Å². The van der Waals surface area contributed by atoms with Crippen LogP contribution in [0.1, 0.15) is 25.5 Å². The largest absolute Gasteiger partial charge is 0.494 e. The molecular formula is C17H19BrN2O2. The smallest absolute Gasteiger partial charge is 0.210 e. The topological polar surface area (TPSA) is 38.0 Å². The van der Waals surface area contributed by atoms with Gasteiger partial charge in [-0.15, -0.1) is 0 Å². The number of ether oxygens (including phenoxy) is 1. The van der Waals surface area contributed by atoms with Gasteiger partial charge in [-0.05, 0) is 47.8 Å². The van der Waals surface area contributed by atoms with Crippen LogP contribution in [0.4, 0.5) is 11.6 Å². The molecule has 5 heteroatoms. The average molecular weight is 363 g/mol. The first kappa shape index (κ1) is 15.2. The molecule has 2 aromatic rings. The summed E-state index contributed by atoms with van der Waals surface area (Å²) in [6, 6.07) is 9.68. The van der Waals surface area contributed by atoms with Gasteiger partial charge in [-0.2, -0.15) is 0 Å². The Morgan fingerprint density at radius 1 is 1.32 bits per heavy atom. The Balaban J connectivity index is 1.75. The van der Waals surface area contributed by atoms with Crippen molar-refractivity contribution in [2.45, 2.75) is 19.8 Å². The third kappa shape index (κ3) is 3.53. The summed E-state index contributed by atoms with van der Waals surface area (Å²) in [5, 5.41) is 0. The first-order valence-electron chi connectivity index (χ1n) is 7.57. The van der Waals surface area contributed by atoms with Gasteiger partial charge in [0.1, 0.15) is 11.5 Å². The van der Waals surface area contributed by atoms with Crippen molar-refractivity contribution in [2.75, 3.05) is 24.6 Å². The van der Waals surface area contributed by atoms with E-state index in [1.807, 2.05) is 37.3 Å². The van der Waals surface area contributed by atoms with Gasteiger partial charge in [0.2, 0.25) is 5.88 Å². The number of hydrogen-bond acceptors (Lipinski definition) is 4. The van der Waals surface area contributed by atoms with Gasteiger partial charge in [0, 0.05) is 25.2 Å². The zero-order chi connectivity index (χ0) is 15.4. The number of nitrogens with zero attached hydrogens (tertiary/aromatic N) is 2. The van der Waals surface area contributed by atoms with Crippen molar-refractivity contribution >= 4 is 33.7 Å². The van der Waals surface area contributed by atoms with Crippen LogP contribution in [0.15, 0.2) is 44.2 Å². The molecule has 3 rings (SSSR count). The second kappa shape index (κ2) is 7.01. The summed E-state index contributed by atoms with van der Waals surface area (Å²) >= 11 is 3.57. The Kier molecular flexibility index (Phi) is 4.83. The number of halogens is 1. The third-order valence-electron chi connectivity index (χ3n) is 3.55. The monoisotopic (exact) mass is 362 g/mol. The number of anilines is 1. The lowest BCUT2D eigenvalue weighted by Gasteiger charge is -2.13. The molecule has 1 aliphatic heterocycles. The molecule has 2 heterocycles. The van der Waals surface area contributed by atoms with Crippen LogP contribution in [-0.4, -0.2) is 25.9 Å². The maximum atomic E-state index is 5.90. The Labute approximate surface area is 138 Å². The minimum absolute atomic E-state index is 0.650. The van der Waals surface area contributed by atoms with Crippen LogP contribution in [0.25, 0.3) is 0 Å². The first-order chi connectivity index (χ1) is 10.8. The second-order valence-electron chi connectivity index (χ2n) is 5.18. The number of furan rings is 1. The van der Waals surface area contributed by atoms with Crippen LogP contribution in [0.2, 0.25) is 0 Å². The van der Waals surface area contributed by atoms with Gasteiger partial charge in [0.05, 0.1) is 23.0 Å². The zero-order valence-corrected chi connectivity index (χ0v) is 14.2. The molecule has 0 atom stereocenters. The van der Waals surface area contributed by atoms with Crippen LogP contribution in [0.5, 0.6) is 5.75 Å². The van der Waals surface area contributed by atoms with Gasteiger partial charge in [-0.3, -0.25) is 4.99 Å². The Morgan fingerprint density at radius 3 is 2.91 bits per heavy atom. The molecule has 0 amide bonds. The quantitative estimate of drug-likeness (QED) is 0.717. The second-order valence-corrected chi connectivity index (χ2v) is 6.04. The number of benzene rings is 1. The Bertz CT molecular complexity index is 660. The molecule has 0 unspecified atom stereocenters. The standard InChI is InChI=1S/C17H19BrN2O2/c1-2-21-14-7-5-6-13(10-14)19-12-15-11-16(18)17(22-15)20-8-3-4-9-20/h5-7,10-12H,2-4,8-9H2,1H3. The maximum Gasteiger partial charge on any atom is 0.210 e. The Hall–Kier alpha value is -1.75. The van der Waals surface area contributed by atoms with E-state index in [9.17, 15) is 0 Å². The summed E-state index contributed by atoms with van der Waals surface area (Å²) in [7, 11) is 0. The SMILES string of the molecule is CCOc1cccc(N=Cc2cc(Br)c(N3CCCC3)o2)c1. The van der Waals surface area contributed by atoms with E-state index in [-0.39, 0.29) is 0 Å². The molecule has 0 spiro atoms. The molecule has 22 heavy (non-hydrogen) atoms. The minimum Gasteiger partial charge on any atom is -0.494 e. The van der Waals surface area contributed by atoms with E-state index in [1.165, 1.54) is 12.8 Å². The third-order valence-corrected chi connectivity index (χ3v) is 4.12. The first-order valence-corrected chi connectivity index (χ1v) is 8.37. The van der Waals surface area contributed by atoms with Crippen molar-refractivity contribution in [1.29, 1.82) is 0 Å². The van der Waals surface area contributed by atoms with Crippen LogP contribution < -0.4 is 9.64 Å². The molecule has 1 aliphatic rings. The van der Waals surface area contributed by atoms with Gasteiger partial charge < -0.3 is 14.1 Å². The van der Waals surface area contributed by atoms with E-state index in [2.05, 4.69) is 25.8 Å². The van der Waals surface area contributed by atoms with Crippen molar-refractivity contribution in [1.82, 2.24) is 0 Å². The molecule has 4 nitrogen and oxygen atoms in total. The predicted molar refractivity (Wildman–Crippen MR) is 92.7 cm³/mol. The highest BCUT2D eigenvalue weighted by molar-refractivity contribution is 9.10. The molecule has 1 fully saturated rings. The van der Waals surface area contributed by atoms with Gasteiger partial charge in [-0.25, -0.2) is 0 Å². The van der Waals surface area contributed by atoms with E-state index in [4.69, 9.17) is 9.15 Å². The Morgan fingerprint density at radius 2 is 2.14 bits per heavy atom. The summed E-state index contributed by atoms with van der Waals surface area (Å²) < 4.78 is 12.4. The number of rotatable bonds is 5. The highest BCUT2D eigenvalue weighted by Crippen LogP contribution is 2.32. The molecule has 0 bridgehead atoms. The molecule has 0 aliphatic carbocycles. The van der Waals surface area contributed by atoms with Crippen LogP contribution >= 0.6 is 15.9 Å². The molecule has 116 valence electrons. The molecular weight excluding hydrogens is 344 g/mol. The summed E-state index contributed by atoms with van der Waals surface area (Å²) in [5.41, 5.74) is 0.848. The minimum atomic E-state index is 0.650. The van der Waals surface area contributed by atoms with Crippen LogP contribution in [-0.2, 0) is 0 Å². The molecule has 1 aromatic heterocycles. The summed E-state index contributed by atoms with van der Waals surface area (Å²) in [5.74, 6) is 2.48. The highest BCUT2D eigenvalue weighted by atomic mass is 79.9. The summed E-state index contributed by atoms with van der Waals surface area (Å²) in [6.45, 7) is 4.73. The van der Waals surface area contributed by atoms with Gasteiger partial charge in [0.15, 0.2) is 0 Å². The van der Waals surface area contributed by atoms with Gasteiger partial charge >= 0.3 is 0 Å². The van der Waals surface area contributed by atoms with Gasteiger partial charge in [0.25, 0.3) is 0 Å². The molecule has 0 N–H and O–H groups in total. The predicted octanol–water partition coefficient (Wildman–Crippen LogP) is 4.79. The fourth-order valence-electron chi connectivity index (χ4n) is 2.53. The summed E-state index contributed by atoms with van der Waals surface area (Å²) in [6.07, 6.45) is 4.19. The van der Waals surface area contributed by atoms with Crippen molar-refractivity contribution < 1.29 is 9.15 Å². The highest BCUT2D eigenvalue weighted by Gasteiger charge is 2.19. The molecule has 0 radical (unpaired) electrons. The van der Waals surface area contributed by atoms with E-state index in [1.54, 1.807) is 6.21 Å². The zero-order valence-electron chi connectivity index (χ0n) is 12.6. The lowest BCUT2D eigenvalue weighted by Crippen LogP contribution is -2.17. The van der Waals surface area contributed by atoms with E-state index >= 15 is 0 Å². The van der Waals surface area contributed by atoms with Crippen molar-refractivity contribution in [3.8, 4) is 5.75 Å². The lowest BCUT2D eigenvalue weighted by atomic mass is 10.3. The fourth-order valence-corrected chi connectivity index (χ4v) is 3.09. The van der Waals surface area contributed by atoms with E-state index in [0.717, 1.165) is 40.6 Å². The van der Waals surface area contributed by atoms with E-state index in [0.29, 0.717) is 6.61 Å². The fraction of sp³-hybridized carbons (Fsp3) is 0.353. The number of hydrogen-bond donors (Lipinski definition) is 0. The molecule has 1 saturated heterocycles. The lowest BCUT2D eigenvalue weighted by molar-refractivity contribution is 0.340. The van der Waals surface area contributed by atoms with Gasteiger partial charge in [-0.1, -0.05) is 6.07 Å². The summed E-state index contributed by atoms with van der Waals surface area (Å²) in [4.78, 5) is 6.72. The van der Waals surface area contributed by atoms with Crippen molar-refractivity contribution in [2.24, 2.45) is 4.99 Å². The average Bonchev–Trinajstić information content (AvgIpc) is 3.15. The van der Waals surface area contributed by atoms with Crippen molar-refractivity contribution in [3.05, 3.63) is 40.6 Å². The van der Waals surface area contributed by atoms with E-state index < -0.39 is 0 Å².